The Kier molecular flexibility index (Phi) is 3.44. The van der Waals surface area contributed by atoms with Gasteiger partial charge in [-0.05, 0) is 30.1 Å². The SMILES string of the molecule is CB(O)n1c(-c2ccccc2)ccc1-c1ccccc1. The summed E-state index contributed by atoms with van der Waals surface area (Å²) < 4.78 is 1.96. The van der Waals surface area contributed by atoms with Gasteiger partial charge < -0.3 is 9.50 Å². The van der Waals surface area contributed by atoms with Gasteiger partial charge in [-0.2, -0.15) is 0 Å². The Bertz CT molecular complexity index is 633. The summed E-state index contributed by atoms with van der Waals surface area (Å²) in [7, 11) is -0.574. The van der Waals surface area contributed by atoms with Gasteiger partial charge >= 0.3 is 7.05 Å². The lowest BCUT2D eigenvalue weighted by molar-refractivity contribution is 0.565. The predicted molar refractivity (Wildman–Crippen MR) is 84.5 cm³/mol. The molecule has 1 aromatic heterocycles. The van der Waals surface area contributed by atoms with Crippen molar-refractivity contribution in [3.63, 3.8) is 0 Å². The highest BCUT2D eigenvalue weighted by Gasteiger charge is 2.17. The fourth-order valence-corrected chi connectivity index (χ4v) is 2.54. The van der Waals surface area contributed by atoms with Gasteiger partial charge in [-0.15, -0.1) is 0 Å². The van der Waals surface area contributed by atoms with Crippen molar-refractivity contribution in [2.24, 2.45) is 0 Å². The van der Waals surface area contributed by atoms with Crippen LogP contribution in [0.25, 0.3) is 22.5 Å². The van der Waals surface area contributed by atoms with E-state index in [-0.39, 0.29) is 0 Å². The predicted octanol–water partition coefficient (Wildman–Crippen LogP) is 3.78. The van der Waals surface area contributed by atoms with Crippen LogP contribution >= 0.6 is 0 Å². The molecule has 3 rings (SSSR count). The second-order valence-electron chi connectivity index (χ2n) is 4.84. The quantitative estimate of drug-likeness (QED) is 0.713. The lowest BCUT2D eigenvalue weighted by atomic mass is 9.86. The van der Waals surface area contributed by atoms with E-state index >= 15 is 0 Å². The van der Waals surface area contributed by atoms with Gasteiger partial charge in [-0.3, -0.25) is 0 Å². The normalized spacial score (nSPS) is 10.5. The average molecular weight is 261 g/mol. The van der Waals surface area contributed by atoms with Crippen LogP contribution in [0.2, 0.25) is 6.82 Å². The van der Waals surface area contributed by atoms with Gasteiger partial charge in [0.1, 0.15) is 0 Å². The molecule has 0 aliphatic rings. The Morgan fingerprint density at radius 3 is 1.45 bits per heavy atom. The van der Waals surface area contributed by atoms with E-state index in [9.17, 15) is 5.02 Å². The molecule has 0 fully saturated rings. The summed E-state index contributed by atoms with van der Waals surface area (Å²) >= 11 is 0. The zero-order chi connectivity index (χ0) is 13.9. The second kappa shape index (κ2) is 5.39. The van der Waals surface area contributed by atoms with Crippen LogP contribution in [0.1, 0.15) is 0 Å². The van der Waals surface area contributed by atoms with Gasteiger partial charge in [0, 0.05) is 11.4 Å². The zero-order valence-corrected chi connectivity index (χ0v) is 11.4. The molecule has 3 heteroatoms. The van der Waals surface area contributed by atoms with Crippen LogP contribution in [0, 0.1) is 0 Å². The summed E-state index contributed by atoms with van der Waals surface area (Å²) in [6, 6.07) is 24.4. The minimum absolute atomic E-state index is 0.574. The highest BCUT2D eigenvalue weighted by atomic mass is 16.2. The number of aromatic nitrogens is 1. The molecule has 2 aromatic carbocycles. The fraction of sp³-hybridized carbons (Fsp3) is 0.0588. The van der Waals surface area contributed by atoms with Crippen LogP contribution in [0.15, 0.2) is 72.8 Å². The first-order valence-electron chi connectivity index (χ1n) is 6.77. The van der Waals surface area contributed by atoms with Crippen LogP contribution in [-0.4, -0.2) is 16.6 Å². The van der Waals surface area contributed by atoms with Crippen molar-refractivity contribution < 1.29 is 5.02 Å². The van der Waals surface area contributed by atoms with E-state index in [4.69, 9.17) is 0 Å². The fourth-order valence-electron chi connectivity index (χ4n) is 2.54. The molecular formula is C17H16BNO. The van der Waals surface area contributed by atoms with Crippen LogP contribution in [-0.2, 0) is 0 Å². The number of rotatable bonds is 3. The third-order valence-electron chi connectivity index (χ3n) is 3.43. The molecule has 0 spiro atoms. The monoisotopic (exact) mass is 261 g/mol. The Labute approximate surface area is 119 Å². The molecule has 0 saturated heterocycles. The van der Waals surface area contributed by atoms with E-state index in [2.05, 4.69) is 36.4 Å². The maximum atomic E-state index is 10.2. The van der Waals surface area contributed by atoms with E-state index in [0.717, 1.165) is 22.5 Å². The standard InChI is InChI=1S/C17H16BNO/c1-18(20)19-16(14-8-4-2-5-9-14)12-13-17(19)15-10-6-3-7-11-15/h2-13,20H,1H3. The van der Waals surface area contributed by atoms with Gasteiger partial charge in [0.25, 0.3) is 0 Å². The number of hydrogen-bond acceptors (Lipinski definition) is 1. The molecule has 0 aliphatic heterocycles. The summed E-state index contributed by atoms with van der Waals surface area (Å²) in [5, 5.41) is 10.2. The molecular weight excluding hydrogens is 245 g/mol. The second-order valence-corrected chi connectivity index (χ2v) is 4.84. The minimum Gasteiger partial charge on any atom is -0.432 e. The third kappa shape index (κ3) is 2.28. The van der Waals surface area contributed by atoms with E-state index < -0.39 is 7.05 Å². The zero-order valence-electron chi connectivity index (χ0n) is 11.4. The van der Waals surface area contributed by atoms with Gasteiger partial charge in [-0.25, -0.2) is 0 Å². The average Bonchev–Trinajstić information content (AvgIpc) is 2.94. The minimum atomic E-state index is -0.574. The topological polar surface area (TPSA) is 25.2 Å². The molecule has 1 heterocycles. The van der Waals surface area contributed by atoms with Crippen LogP contribution < -0.4 is 0 Å². The molecule has 0 unspecified atom stereocenters. The molecule has 1 N–H and O–H groups in total. The summed E-state index contributed by atoms with van der Waals surface area (Å²) in [6.45, 7) is 1.79. The first-order chi connectivity index (χ1) is 9.77. The Balaban J connectivity index is 2.17. The van der Waals surface area contributed by atoms with E-state index in [0.29, 0.717) is 0 Å². The Hall–Kier alpha value is -2.26. The molecule has 0 amide bonds. The highest BCUT2D eigenvalue weighted by Crippen LogP contribution is 2.28. The Morgan fingerprint density at radius 1 is 0.700 bits per heavy atom. The van der Waals surface area contributed by atoms with Crippen molar-refractivity contribution in [1.82, 2.24) is 4.48 Å². The maximum Gasteiger partial charge on any atom is 0.414 e. The lowest BCUT2D eigenvalue weighted by Crippen LogP contribution is -2.21. The van der Waals surface area contributed by atoms with E-state index in [1.54, 1.807) is 6.82 Å². The van der Waals surface area contributed by atoms with Crippen molar-refractivity contribution in [2.45, 2.75) is 6.82 Å². The molecule has 0 bridgehead atoms. The lowest BCUT2D eigenvalue weighted by Gasteiger charge is -2.14. The molecule has 0 aliphatic carbocycles. The first-order valence-corrected chi connectivity index (χ1v) is 6.77. The summed E-state index contributed by atoms with van der Waals surface area (Å²) in [5.41, 5.74) is 4.27. The summed E-state index contributed by atoms with van der Waals surface area (Å²) in [6.07, 6.45) is 0. The molecule has 20 heavy (non-hydrogen) atoms. The van der Waals surface area contributed by atoms with Crippen molar-refractivity contribution in [3.8, 4) is 22.5 Å². The number of hydrogen-bond donors (Lipinski definition) is 1. The smallest absolute Gasteiger partial charge is 0.414 e. The van der Waals surface area contributed by atoms with E-state index in [1.165, 1.54) is 0 Å². The van der Waals surface area contributed by atoms with Crippen molar-refractivity contribution in [1.29, 1.82) is 0 Å². The third-order valence-corrected chi connectivity index (χ3v) is 3.43. The molecule has 2 nitrogen and oxygen atoms in total. The largest absolute Gasteiger partial charge is 0.432 e. The molecule has 0 atom stereocenters. The molecule has 0 radical (unpaired) electrons. The Morgan fingerprint density at radius 2 is 1.10 bits per heavy atom. The summed E-state index contributed by atoms with van der Waals surface area (Å²) in [4.78, 5) is 0. The van der Waals surface area contributed by atoms with Gasteiger partial charge in [-0.1, -0.05) is 60.7 Å². The number of benzene rings is 2. The van der Waals surface area contributed by atoms with Gasteiger partial charge in [0.2, 0.25) is 0 Å². The van der Waals surface area contributed by atoms with Gasteiger partial charge in [0.05, 0.1) is 0 Å². The van der Waals surface area contributed by atoms with Crippen molar-refractivity contribution in [3.05, 3.63) is 72.8 Å². The summed E-state index contributed by atoms with van der Waals surface area (Å²) in [5.74, 6) is 0. The van der Waals surface area contributed by atoms with Gasteiger partial charge in [0.15, 0.2) is 0 Å². The molecule has 0 saturated carbocycles. The molecule has 98 valence electrons. The highest BCUT2D eigenvalue weighted by molar-refractivity contribution is 6.48. The van der Waals surface area contributed by atoms with Crippen molar-refractivity contribution >= 4 is 7.05 Å². The first kappa shape index (κ1) is 12.8. The van der Waals surface area contributed by atoms with Crippen LogP contribution in [0.5, 0.6) is 0 Å². The van der Waals surface area contributed by atoms with Crippen molar-refractivity contribution in [2.75, 3.05) is 0 Å². The molecule has 3 aromatic rings. The van der Waals surface area contributed by atoms with Crippen LogP contribution in [0.4, 0.5) is 0 Å². The van der Waals surface area contributed by atoms with E-state index in [1.807, 2.05) is 40.9 Å². The number of nitrogens with zero attached hydrogens (tertiary/aromatic N) is 1. The maximum absolute atomic E-state index is 10.2. The van der Waals surface area contributed by atoms with Crippen LogP contribution in [0.3, 0.4) is 0 Å².